The van der Waals surface area contributed by atoms with Crippen LogP contribution >= 0.6 is 11.6 Å². The molecule has 24 heavy (non-hydrogen) atoms. The molecule has 0 N–H and O–H groups in total. The van der Waals surface area contributed by atoms with E-state index in [-0.39, 0.29) is 25.0 Å². The molecule has 6 heteroatoms. The lowest BCUT2D eigenvalue weighted by Crippen LogP contribution is -2.28. The fourth-order valence-electron chi connectivity index (χ4n) is 2.75. The summed E-state index contributed by atoms with van der Waals surface area (Å²) >= 11 is 6.12. The highest BCUT2D eigenvalue weighted by Gasteiger charge is 2.35. The first-order valence-electron chi connectivity index (χ1n) is 7.35. The van der Waals surface area contributed by atoms with E-state index in [0.29, 0.717) is 33.3 Å². The topological polar surface area (TPSA) is 55.8 Å². The third kappa shape index (κ3) is 2.43. The molecule has 2 amide bonds. The number of anilines is 1. The van der Waals surface area contributed by atoms with Gasteiger partial charge in [0, 0.05) is 16.7 Å². The summed E-state index contributed by atoms with van der Waals surface area (Å²) in [6.45, 7) is 0.137. The first-order chi connectivity index (χ1) is 11.6. The Bertz CT molecular complexity index is 890. The maximum absolute atomic E-state index is 12.7. The molecule has 5 nitrogen and oxygen atoms in total. The average molecular weight is 342 g/mol. The number of carbonyl (C=O) groups is 2. The summed E-state index contributed by atoms with van der Waals surface area (Å²) in [6.07, 6.45) is 1.70. The molecule has 2 aromatic rings. The predicted octanol–water partition coefficient (Wildman–Crippen LogP) is 3.42. The monoisotopic (exact) mass is 341 g/mol. The van der Waals surface area contributed by atoms with Gasteiger partial charge in [0.25, 0.3) is 5.91 Å². The van der Waals surface area contributed by atoms with Gasteiger partial charge in [-0.1, -0.05) is 29.8 Å². The number of fused-ring (bicyclic) bond motifs is 1. The van der Waals surface area contributed by atoms with Crippen LogP contribution in [-0.4, -0.2) is 18.6 Å². The van der Waals surface area contributed by atoms with Gasteiger partial charge < -0.3 is 9.47 Å². The maximum Gasteiger partial charge on any atom is 0.261 e. The predicted molar refractivity (Wildman–Crippen MR) is 89.1 cm³/mol. The van der Waals surface area contributed by atoms with Crippen LogP contribution in [0.25, 0.3) is 6.08 Å². The molecule has 0 spiro atoms. The summed E-state index contributed by atoms with van der Waals surface area (Å²) in [7, 11) is 0. The van der Waals surface area contributed by atoms with E-state index in [9.17, 15) is 9.59 Å². The SMILES string of the molecule is O=C1C/C(=C\c2ccccc2Cl)C(=O)N1c1ccc2c(c1)OCO2. The van der Waals surface area contributed by atoms with E-state index in [0.717, 1.165) is 4.90 Å². The standard InChI is InChI=1S/C18H12ClNO4/c19-14-4-2-1-3-11(14)7-12-8-17(21)20(18(12)22)13-5-6-15-16(9-13)24-10-23-15/h1-7,9H,8,10H2/b12-7+. The Morgan fingerprint density at radius 1 is 1.04 bits per heavy atom. The molecular formula is C18H12ClNO4. The van der Waals surface area contributed by atoms with Crippen LogP contribution in [0.4, 0.5) is 5.69 Å². The molecule has 2 aliphatic heterocycles. The molecule has 0 aliphatic carbocycles. The van der Waals surface area contributed by atoms with Crippen LogP contribution < -0.4 is 14.4 Å². The fraction of sp³-hybridized carbons (Fsp3) is 0.111. The molecule has 0 radical (unpaired) electrons. The number of carbonyl (C=O) groups excluding carboxylic acids is 2. The smallest absolute Gasteiger partial charge is 0.261 e. The highest BCUT2D eigenvalue weighted by atomic mass is 35.5. The van der Waals surface area contributed by atoms with Crippen LogP contribution in [0.5, 0.6) is 11.5 Å². The van der Waals surface area contributed by atoms with Crippen molar-refractivity contribution in [1.82, 2.24) is 0 Å². The van der Waals surface area contributed by atoms with E-state index in [2.05, 4.69) is 0 Å². The van der Waals surface area contributed by atoms with Gasteiger partial charge in [-0.05, 0) is 29.8 Å². The Hall–Kier alpha value is -2.79. The summed E-state index contributed by atoms with van der Waals surface area (Å²) in [5, 5.41) is 0.534. The summed E-state index contributed by atoms with van der Waals surface area (Å²) in [6, 6.07) is 12.2. The molecule has 120 valence electrons. The van der Waals surface area contributed by atoms with Crippen LogP contribution in [0, 0.1) is 0 Å². The molecule has 0 aromatic heterocycles. The minimum absolute atomic E-state index is 0.0402. The van der Waals surface area contributed by atoms with Crippen molar-refractivity contribution in [3.63, 3.8) is 0 Å². The lowest BCUT2D eigenvalue weighted by Gasteiger charge is -2.13. The highest BCUT2D eigenvalue weighted by molar-refractivity contribution is 6.33. The van der Waals surface area contributed by atoms with E-state index in [1.54, 1.807) is 36.4 Å². The number of rotatable bonds is 2. The highest BCUT2D eigenvalue weighted by Crippen LogP contribution is 2.37. The van der Waals surface area contributed by atoms with Gasteiger partial charge in [-0.3, -0.25) is 9.59 Å². The van der Waals surface area contributed by atoms with Crippen molar-refractivity contribution >= 4 is 35.2 Å². The lowest BCUT2D eigenvalue weighted by molar-refractivity contribution is -0.120. The third-order valence-electron chi connectivity index (χ3n) is 3.92. The van der Waals surface area contributed by atoms with Crippen molar-refractivity contribution < 1.29 is 19.1 Å². The maximum atomic E-state index is 12.7. The quantitative estimate of drug-likeness (QED) is 0.620. The first kappa shape index (κ1) is 14.8. The Balaban J connectivity index is 1.68. The van der Waals surface area contributed by atoms with Crippen molar-refractivity contribution in [3.05, 3.63) is 58.6 Å². The number of halogens is 1. The van der Waals surface area contributed by atoms with Crippen molar-refractivity contribution in [3.8, 4) is 11.5 Å². The Kier molecular flexibility index (Phi) is 3.50. The fourth-order valence-corrected chi connectivity index (χ4v) is 2.94. The van der Waals surface area contributed by atoms with E-state index in [1.165, 1.54) is 0 Å². The van der Waals surface area contributed by atoms with Crippen molar-refractivity contribution in [2.24, 2.45) is 0 Å². The Morgan fingerprint density at radius 3 is 2.67 bits per heavy atom. The summed E-state index contributed by atoms with van der Waals surface area (Å²) in [5.74, 6) is 0.497. The zero-order valence-electron chi connectivity index (χ0n) is 12.5. The van der Waals surface area contributed by atoms with Gasteiger partial charge in [0.15, 0.2) is 11.5 Å². The summed E-state index contributed by atoms with van der Waals surface area (Å²) in [5.41, 5.74) is 1.59. The molecule has 0 atom stereocenters. The van der Waals surface area contributed by atoms with E-state index < -0.39 is 0 Å². The second kappa shape index (κ2) is 5.69. The molecule has 4 rings (SSSR count). The number of hydrogen-bond donors (Lipinski definition) is 0. The lowest BCUT2D eigenvalue weighted by atomic mass is 10.1. The van der Waals surface area contributed by atoms with E-state index in [4.69, 9.17) is 21.1 Å². The largest absolute Gasteiger partial charge is 0.454 e. The Labute approximate surface area is 143 Å². The minimum atomic E-state index is -0.348. The second-order valence-electron chi connectivity index (χ2n) is 5.44. The van der Waals surface area contributed by atoms with Crippen LogP contribution in [0.2, 0.25) is 5.02 Å². The normalized spacial score (nSPS) is 17.9. The molecule has 0 unspecified atom stereocenters. The van der Waals surface area contributed by atoms with Crippen molar-refractivity contribution in [2.75, 3.05) is 11.7 Å². The zero-order valence-corrected chi connectivity index (χ0v) is 13.2. The first-order valence-corrected chi connectivity index (χ1v) is 7.73. The van der Waals surface area contributed by atoms with Crippen LogP contribution in [0.3, 0.4) is 0 Å². The molecule has 2 aromatic carbocycles. The van der Waals surface area contributed by atoms with Crippen molar-refractivity contribution in [1.29, 1.82) is 0 Å². The molecule has 1 fully saturated rings. The second-order valence-corrected chi connectivity index (χ2v) is 5.85. The summed E-state index contributed by atoms with van der Waals surface area (Å²) < 4.78 is 10.6. The van der Waals surface area contributed by atoms with Gasteiger partial charge in [-0.15, -0.1) is 0 Å². The van der Waals surface area contributed by atoms with Gasteiger partial charge in [-0.2, -0.15) is 0 Å². The Morgan fingerprint density at radius 2 is 1.83 bits per heavy atom. The minimum Gasteiger partial charge on any atom is -0.454 e. The van der Waals surface area contributed by atoms with Crippen LogP contribution in [0.1, 0.15) is 12.0 Å². The van der Waals surface area contributed by atoms with Gasteiger partial charge in [-0.25, -0.2) is 4.90 Å². The third-order valence-corrected chi connectivity index (χ3v) is 4.26. The van der Waals surface area contributed by atoms with Gasteiger partial charge >= 0.3 is 0 Å². The number of nitrogens with zero attached hydrogens (tertiary/aromatic N) is 1. The van der Waals surface area contributed by atoms with E-state index in [1.807, 2.05) is 12.1 Å². The number of ether oxygens (including phenoxy) is 2. The average Bonchev–Trinajstić information content (AvgIpc) is 3.14. The molecule has 0 bridgehead atoms. The number of imide groups is 1. The number of amides is 2. The molecule has 2 heterocycles. The molecule has 1 saturated heterocycles. The van der Waals surface area contributed by atoms with E-state index >= 15 is 0 Å². The molecule has 0 saturated carbocycles. The molecular weight excluding hydrogens is 330 g/mol. The van der Waals surface area contributed by atoms with Crippen LogP contribution in [0.15, 0.2) is 48.0 Å². The van der Waals surface area contributed by atoms with Gasteiger partial charge in [0.05, 0.1) is 12.1 Å². The van der Waals surface area contributed by atoms with Crippen LogP contribution in [-0.2, 0) is 9.59 Å². The number of benzene rings is 2. The van der Waals surface area contributed by atoms with Gasteiger partial charge in [0.2, 0.25) is 12.7 Å². The zero-order chi connectivity index (χ0) is 16.7. The van der Waals surface area contributed by atoms with Crippen molar-refractivity contribution in [2.45, 2.75) is 6.42 Å². The number of hydrogen-bond acceptors (Lipinski definition) is 4. The summed E-state index contributed by atoms with van der Waals surface area (Å²) in [4.78, 5) is 26.1. The molecule has 2 aliphatic rings. The van der Waals surface area contributed by atoms with Gasteiger partial charge in [0.1, 0.15) is 0 Å².